The third kappa shape index (κ3) is 4.35. The van der Waals surface area contributed by atoms with E-state index in [1.165, 1.54) is 0 Å². The van der Waals surface area contributed by atoms with E-state index in [1.807, 2.05) is 24.3 Å². The van der Waals surface area contributed by atoms with Gasteiger partial charge in [-0.1, -0.05) is 41.6 Å². The molecule has 2 aromatic rings. The van der Waals surface area contributed by atoms with Gasteiger partial charge in [0.2, 0.25) is 0 Å². The highest BCUT2D eigenvalue weighted by atomic mass is 35.5. The first-order valence-corrected chi connectivity index (χ1v) is 6.89. The second-order valence-electron chi connectivity index (χ2n) is 4.35. The van der Waals surface area contributed by atoms with Crippen molar-refractivity contribution in [3.63, 3.8) is 0 Å². The molecule has 0 aliphatic carbocycles. The van der Waals surface area contributed by atoms with E-state index in [9.17, 15) is 4.79 Å². The van der Waals surface area contributed by atoms with Gasteiger partial charge >= 0.3 is 0 Å². The minimum Gasteiger partial charge on any atom is -0.348 e. The van der Waals surface area contributed by atoms with E-state index in [4.69, 9.17) is 17.3 Å². The molecular weight excluding hydrogens is 284 g/mol. The molecule has 0 saturated carbocycles. The van der Waals surface area contributed by atoms with Gasteiger partial charge in [-0.15, -0.1) is 0 Å². The maximum absolute atomic E-state index is 12.0. The molecular formula is C17H15ClN2O. The molecule has 0 unspecified atom stereocenters. The van der Waals surface area contributed by atoms with Crippen LogP contribution in [0.25, 0.3) is 0 Å². The van der Waals surface area contributed by atoms with Crippen molar-refractivity contribution in [2.24, 2.45) is 5.73 Å². The fourth-order valence-electron chi connectivity index (χ4n) is 1.82. The number of nitrogens with two attached hydrogens (primary N) is 1. The molecule has 0 aliphatic heterocycles. The lowest BCUT2D eigenvalue weighted by molar-refractivity contribution is 0.0951. The predicted octanol–water partition coefficient (Wildman–Crippen LogP) is 2.58. The number of nitrogens with one attached hydrogen (secondary N) is 1. The first-order valence-electron chi connectivity index (χ1n) is 6.51. The van der Waals surface area contributed by atoms with Gasteiger partial charge in [-0.2, -0.15) is 0 Å². The van der Waals surface area contributed by atoms with Crippen molar-refractivity contribution in [2.75, 3.05) is 6.54 Å². The maximum atomic E-state index is 12.0. The Morgan fingerprint density at radius 2 is 1.86 bits per heavy atom. The Bertz CT molecular complexity index is 684. The number of halogens is 1. The summed E-state index contributed by atoms with van der Waals surface area (Å²) >= 11 is 5.80. The minimum atomic E-state index is -0.145. The van der Waals surface area contributed by atoms with Gasteiger partial charge in [-0.25, -0.2) is 0 Å². The van der Waals surface area contributed by atoms with E-state index in [0.29, 0.717) is 23.7 Å². The Morgan fingerprint density at radius 3 is 2.57 bits per heavy atom. The highest BCUT2D eigenvalue weighted by molar-refractivity contribution is 6.30. The quantitative estimate of drug-likeness (QED) is 0.856. The molecule has 0 heterocycles. The number of carbonyl (C=O) groups is 1. The molecule has 2 aromatic carbocycles. The van der Waals surface area contributed by atoms with E-state index in [2.05, 4.69) is 17.2 Å². The third-order valence-electron chi connectivity index (χ3n) is 2.89. The van der Waals surface area contributed by atoms with Crippen LogP contribution in [0.15, 0.2) is 48.5 Å². The van der Waals surface area contributed by atoms with Crippen LogP contribution in [-0.4, -0.2) is 12.5 Å². The molecule has 4 heteroatoms. The Labute approximate surface area is 129 Å². The Kier molecular flexibility index (Phi) is 5.39. The number of amides is 1. The van der Waals surface area contributed by atoms with Crippen LogP contribution in [-0.2, 0) is 6.54 Å². The predicted molar refractivity (Wildman–Crippen MR) is 85.0 cm³/mol. The number of rotatable bonds is 3. The molecule has 0 aliphatic rings. The Hall–Kier alpha value is -2.28. The van der Waals surface area contributed by atoms with Crippen LogP contribution in [0.5, 0.6) is 0 Å². The highest BCUT2D eigenvalue weighted by Gasteiger charge is 2.06. The molecule has 0 fully saturated rings. The van der Waals surface area contributed by atoms with Crippen LogP contribution >= 0.6 is 11.6 Å². The highest BCUT2D eigenvalue weighted by Crippen LogP contribution is 2.10. The van der Waals surface area contributed by atoms with Crippen molar-refractivity contribution in [3.05, 3.63) is 70.2 Å². The molecule has 1 amide bonds. The van der Waals surface area contributed by atoms with Crippen LogP contribution < -0.4 is 11.1 Å². The summed E-state index contributed by atoms with van der Waals surface area (Å²) in [5.74, 6) is 5.68. The van der Waals surface area contributed by atoms with Crippen LogP contribution in [0.1, 0.15) is 21.5 Å². The van der Waals surface area contributed by atoms with Crippen LogP contribution in [0.4, 0.5) is 0 Å². The van der Waals surface area contributed by atoms with E-state index < -0.39 is 0 Å². The van der Waals surface area contributed by atoms with Gasteiger partial charge in [-0.3, -0.25) is 4.79 Å². The van der Waals surface area contributed by atoms with Crippen LogP contribution in [0, 0.1) is 11.8 Å². The van der Waals surface area contributed by atoms with Crippen LogP contribution in [0.2, 0.25) is 5.02 Å². The molecule has 0 spiro atoms. The monoisotopic (exact) mass is 298 g/mol. The minimum absolute atomic E-state index is 0.145. The summed E-state index contributed by atoms with van der Waals surface area (Å²) in [7, 11) is 0. The standard InChI is InChI=1S/C17H15ClN2O/c18-16-9-7-14(8-10-16)17(21)20-12-15-5-2-1-4-13(15)6-3-11-19/h1-2,4-5,7-10H,11-12,19H2,(H,20,21). The molecule has 0 saturated heterocycles. The van der Waals surface area contributed by atoms with Crippen molar-refractivity contribution >= 4 is 17.5 Å². The molecule has 0 atom stereocenters. The molecule has 3 N–H and O–H groups in total. The van der Waals surface area contributed by atoms with Gasteiger partial charge in [0.05, 0.1) is 6.54 Å². The summed E-state index contributed by atoms with van der Waals surface area (Å²) in [5, 5.41) is 3.48. The van der Waals surface area contributed by atoms with Crippen molar-refractivity contribution < 1.29 is 4.79 Å². The van der Waals surface area contributed by atoms with Gasteiger partial charge < -0.3 is 11.1 Å². The van der Waals surface area contributed by atoms with Gasteiger partial charge in [0.15, 0.2) is 0 Å². The summed E-state index contributed by atoms with van der Waals surface area (Å²) in [6.07, 6.45) is 0. The fraction of sp³-hybridized carbons (Fsp3) is 0.118. The molecule has 106 valence electrons. The second kappa shape index (κ2) is 7.49. The second-order valence-corrected chi connectivity index (χ2v) is 4.79. The maximum Gasteiger partial charge on any atom is 0.251 e. The largest absolute Gasteiger partial charge is 0.348 e. The van der Waals surface area contributed by atoms with Gasteiger partial charge in [0, 0.05) is 22.7 Å². The molecule has 2 rings (SSSR count). The van der Waals surface area contributed by atoms with E-state index in [0.717, 1.165) is 11.1 Å². The summed E-state index contributed by atoms with van der Waals surface area (Å²) in [5.41, 5.74) is 7.79. The lowest BCUT2D eigenvalue weighted by Crippen LogP contribution is -2.23. The Morgan fingerprint density at radius 1 is 1.14 bits per heavy atom. The summed E-state index contributed by atoms with van der Waals surface area (Å²) < 4.78 is 0. The zero-order chi connectivity index (χ0) is 15.1. The Balaban J connectivity index is 2.06. The van der Waals surface area contributed by atoms with Gasteiger partial charge in [0.25, 0.3) is 5.91 Å². The lowest BCUT2D eigenvalue weighted by atomic mass is 10.1. The van der Waals surface area contributed by atoms with Crippen molar-refractivity contribution in [1.29, 1.82) is 0 Å². The molecule has 0 aromatic heterocycles. The van der Waals surface area contributed by atoms with Gasteiger partial charge in [0.1, 0.15) is 0 Å². The smallest absolute Gasteiger partial charge is 0.251 e. The lowest BCUT2D eigenvalue weighted by Gasteiger charge is -2.07. The zero-order valence-corrected chi connectivity index (χ0v) is 12.2. The van der Waals surface area contributed by atoms with Gasteiger partial charge in [-0.05, 0) is 35.9 Å². The first-order chi connectivity index (χ1) is 10.2. The summed E-state index contributed by atoms with van der Waals surface area (Å²) in [6, 6.07) is 14.4. The van der Waals surface area contributed by atoms with Crippen LogP contribution in [0.3, 0.4) is 0 Å². The number of hydrogen-bond acceptors (Lipinski definition) is 2. The number of benzene rings is 2. The average molecular weight is 299 g/mol. The van der Waals surface area contributed by atoms with E-state index in [1.54, 1.807) is 24.3 Å². The first kappa shape index (κ1) is 15.1. The number of carbonyl (C=O) groups excluding carboxylic acids is 1. The molecule has 3 nitrogen and oxygen atoms in total. The molecule has 21 heavy (non-hydrogen) atoms. The fourth-order valence-corrected chi connectivity index (χ4v) is 1.95. The summed E-state index contributed by atoms with van der Waals surface area (Å²) in [4.78, 5) is 12.0. The molecule has 0 radical (unpaired) electrons. The van der Waals surface area contributed by atoms with Crippen molar-refractivity contribution in [3.8, 4) is 11.8 Å². The average Bonchev–Trinajstić information content (AvgIpc) is 2.52. The SMILES string of the molecule is NCC#Cc1ccccc1CNC(=O)c1ccc(Cl)cc1. The van der Waals surface area contributed by atoms with E-state index >= 15 is 0 Å². The third-order valence-corrected chi connectivity index (χ3v) is 3.14. The normalized spacial score (nSPS) is 9.62. The van der Waals surface area contributed by atoms with E-state index in [-0.39, 0.29) is 5.91 Å². The van der Waals surface area contributed by atoms with Crippen molar-refractivity contribution in [1.82, 2.24) is 5.32 Å². The summed E-state index contributed by atoms with van der Waals surface area (Å²) in [6.45, 7) is 0.725. The molecule has 0 bridgehead atoms. The number of hydrogen-bond donors (Lipinski definition) is 2. The van der Waals surface area contributed by atoms with Crippen molar-refractivity contribution in [2.45, 2.75) is 6.54 Å². The topological polar surface area (TPSA) is 55.1 Å². The zero-order valence-electron chi connectivity index (χ0n) is 11.4.